The van der Waals surface area contributed by atoms with Crippen molar-refractivity contribution in [1.29, 1.82) is 0 Å². The molecule has 1 N–H and O–H groups in total. The fourth-order valence-corrected chi connectivity index (χ4v) is 3.33. The molecule has 0 aromatic heterocycles. The van der Waals surface area contributed by atoms with Gasteiger partial charge in [0.25, 0.3) is 0 Å². The van der Waals surface area contributed by atoms with Crippen molar-refractivity contribution < 1.29 is 4.74 Å². The molecule has 1 aliphatic carbocycles. The third-order valence-electron chi connectivity index (χ3n) is 4.20. The first-order valence-electron chi connectivity index (χ1n) is 7.20. The first-order valence-corrected chi connectivity index (χ1v) is 7.20. The normalized spacial score (nSPS) is 33.4. The minimum atomic E-state index is 0.484. The third-order valence-corrected chi connectivity index (χ3v) is 4.20. The monoisotopic (exact) mass is 225 g/mol. The van der Waals surface area contributed by atoms with Crippen molar-refractivity contribution in [3.63, 3.8) is 0 Å². The summed E-state index contributed by atoms with van der Waals surface area (Å²) in [5, 5.41) is 3.75. The second-order valence-electron chi connectivity index (χ2n) is 5.59. The molecule has 0 aromatic rings. The van der Waals surface area contributed by atoms with Gasteiger partial charge in [-0.25, -0.2) is 0 Å². The SMILES string of the molecule is CCCNC(C1CCCC1)C1CCC(C)O1. The molecule has 2 fully saturated rings. The van der Waals surface area contributed by atoms with Gasteiger partial charge in [-0.2, -0.15) is 0 Å². The highest BCUT2D eigenvalue weighted by atomic mass is 16.5. The molecule has 1 heterocycles. The Morgan fingerprint density at radius 1 is 1.19 bits per heavy atom. The maximum absolute atomic E-state index is 6.07. The minimum Gasteiger partial charge on any atom is -0.374 e. The van der Waals surface area contributed by atoms with Gasteiger partial charge in [-0.15, -0.1) is 0 Å². The first-order chi connectivity index (χ1) is 7.81. The lowest BCUT2D eigenvalue weighted by atomic mass is 9.92. The predicted molar refractivity (Wildman–Crippen MR) is 67.6 cm³/mol. The molecule has 16 heavy (non-hydrogen) atoms. The molecule has 1 aliphatic heterocycles. The molecule has 1 saturated heterocycles. The van der Waals surface area contributed by atoms with Gasteiger partial charge in [-0.1, -0.05) is 19.8 Å². The van der Waals surface area contributed by atoms with Crippen LogP contribution < -0.4 is 5.32 Å². The summed E-state index contributed by atoms with van der Waals surface area (Å²) in [5.41, 5.74) is 0. The van der Waals surface area contributed by atoms with E-state index in [-0.39, 0.29) is 0 Å². The molecule has 0 spiro atoms. The average molecular weight is 225 g/mol. The Morgan fingerprint density at radius 2 is 1.94 bits per heavy atom. The van der Waals surface area contributed by atoms with Gasteiger partial charge in [0, 0.05) is 6.04 Å². The summed E-state index contributed by atoms with van der Waals surface area (Å²) in [7, 11) is 0. The highest BCUT2D eigenvalue weighted by Gasteiger charge is 2.35. The van der Waals surface area contributed by atoms with Crippen LogP contribution in [-0.4, -0.2) is 24.8 Å². The van der Waals surface area contributed by atoms with E-state index in [1.165, 1.54) is 44.9 Å². The summed E-state index contributed by atoms with van der Waals surface area (Å²) in [6, 6.07) is 0.632. The highest BCUT2D eigenvalue weighted by Crippen LogP contribution is 2.33. The van der Waals surface area contributed by atoms with Crippen LogP contribution in [0.3, 0.4) is 0 Å². The molecule has 2 heteroatoms. The number of hydrogen-bond donors (Lipinski definition) is 1. The first kappa shape index (κ1) is 12.4. The van der Waals surface area contributed by atoms with Crippen LogP contribution in [0, 0.1) is 5.92 Å². The van der Waals surface area contributed by atoms with E-state index in [9.17, 15) is 0 Å². The molecule has 2 aliphatic rings. The van der Waals surface area contributed by atoms with Crippen molar-refractivity contribution in [2.24, 2.45) is 5.92 Å². The second kappa shape index (κ2) is 6.02. The van der Waals surface area contributed by atoms with Gasteiger partial charge in [-0.3, -0.25) is 0 Å². The third kappa shape index (κ3) is 2.98. The highest BCUT2D eigenvalue weighted by molar-refractivity contribution is 4.89. The molecule has 0 bridgehead atoms. The fraction of sp³-hybridized carbons (Fsp3) is 1.00. The summed E-state index contributed by atoms with van der Waals surface area (Å²) < 4.78 is 6.07. The summed E-state index contributed by atoms with van der Waals surface area (Å²) in [5.74, 6) is 0.877. The zero-order valence-electron chi connectivity index (χ0n) is 10.9. The summed E-state index contributed by atoms with van der Waals surface area (Å²) >= 11 is 0. The summed E-state index contributed by atoms with van der Waals surface area (Å²) in [6.07, 6.45) is 10.4. The van der Waals surface area contributed by atoms with Crippen LogP contribution in [0.5, 0.6) is 0 Å². The molecular weight excluding hydrogens is 198 g/mol. The maximum atomic E-state index is 6.07. The van der Waals surface area contributed by atoms with E-state index >= 15 is 0 Å². The van der Waals surface area contributed by atoms with Crippen LogP contribution in [0.25, 0.3) is 0 Å². The van der Waals surface area contributed by atoms with Gasteiger partial charge in [0.15, 0.2) is 0 Å². The fourth-order valence-electron chi connectivity index (χ4n) is 3.33. The Hall–Kier alpha value is -0.0800. The van der Waals surface area contributed by atoms with Gasteiger partial charge >= 0.3 is 0 Å². The van der Waals surface area contributed by atoms with Crippen molar-refractivity contribution in [2.45, 2.75) is 77.0 Å². The molecule has 3 atom stereocenters. The number of hydrogen-bond acceptors (Lipinski definition) is 2. The molecule has 0 amide bonds. The molecule has 2 rings (SSSR count). The maximum Gasteiger partial charge on any atom is 0.0735 e. The summed E-state index contributed by atoms with van der Waals surface area (Å²) in [6.45, 7) is 5.61. The number of ether oxygens (including phenoxy) is 1. The Kier molecular flexibility index (Phi) is 4.66. The lowest BCUT2D eigenvalue weighted by molar-refractivity contribution is 0.0178. The van der Waals surface area contributed by atoms with Gasteiger partial charge in [-0.05, 0) is 51.5 Å². The zero-order valence-corrected chi connectivity index (χ0v) is 10.9. The molecular formula is C14H27NO. The quantitative estimate of drug-likeness (QED) is 0.776. The summed E-state index contributed by atoms with van der Waals surface area (Å²) in [4.78, 5) is 0. The van der Waals surface area contributed by atoms with Crippen molar-refractivity contribution >= 4 is 0 Å². The van der Waals surface area contributed by atoms with Crippen LogP contribution >= 0.6 is 0 Å². The number of rotatable bonds is 5. The molecule has 2 nitrogen and oxygen atoms in total. The van der Waals surface area contributed by atoms with Crippen molar-refractivity contribution in [3.8, 4) is 0 Å². The van der Waals surface area contributed by atoms with E-state index in [0.29, 0.717) is 18.2 Å². The van der Waals surface area contributed by atoms with E-state index in [0.717, 1.165) is 12.5 Å². The van der Waals surface area contributed by atoms with Crippen LogP contribution in [0.15, 0.2) is 0 Å². The second-order valence-corrected chi connectivity index (χ2v) is 5.59. The molecule has 1 saturated carbocycles. The topological polar surface area (TPSA) is 21.3 Å². The van der Waals surface area contributed by atoms with E-state index in [1.807, 2.05) is 0 Å². The van der Waals surface area contributed by atoms with Crippen LogP contribution in [-0.2, 0) is 4.74 Å². The van der Waals surface area contributed by atoms with E-state index < -0.39 is 0 Å². The average Bonchev–Trinajstić information content (AvgIpc) is 2.91. The van der Waals surface area contributed by atoms with Crippen LogP contribution in [0.1, 0.15) is 58.8 Å². The Balaban J connectivity index is 1.90. The predicted octanol–water partition coefficient (Wildman–Crippen LogP) is 3.11. The zero-order chi connectivity index (χ0) is 11.4. The van der Waals surface area contributed by atoms with E-state index in [2.05, 4.69) is 19.2 Å². The minimum absolute atomic E-state index is 0.484. The lowest BCUT2D eigenvalue weighted by Gasteiger charge is -2.30. The van der Waals surface area contributed by atoms with Gasteiger partial charge in [0.1, 0.15) is 0 Å². The van der Waals surface area contributed by atoms with Gasteiger partial charge in [0.05, 0.1) is 12.2 Å². The Bertz CT molecular complexity index is 201. The van der Waals surface area contributed by atoms with Crippen LogP contribution in [0.2, 0.25) is 0 Å². The Morgan fingerprint density at radius 3 is 2.50 bits per heavy atom. The largest absolute Gasteiger partial charge is 0.374 e. The molecule has 0 aromatic carbocycles. The van der Waals surface area contributed by atoms with Crippen molar-refractivity contribution in [3.05, 3.63) is 0 Å². The standard InChI is InChI=1S/C14H27NO/c1-3-10-15-14(12-6-4-5-7-12)13-9-8-11(2)16-13/h11-15H,3-10H2,1-2H3. The van der Waals surface area contributed by atoms with Crippen molar-refractivity contribution in [1.82, 2.24) is 5.32 Å². The Labute approximate surface area is 100 Å². The molecule has 94 valence electrons. The van der Waals surface area contributed by atoms with E-state index in [1.54, 1.807) is 0 Å². The molecule has 0 radical (unpaired) electrons. The number of nitrogens with one attached hydrogen (secondary N) is 1. The van der Waals surface area contributed by atoms with Gasteiger partial charge in [0.2, 0.25) is 0 Å². The van der Waals surface area contributed by atoms with E-state index in [4.69, 9.17) is 4.74 Å². The van der Waals surface area contributed by atoms with Crippen molar-refractivity contribution in [2.75, 3.05) is 6.54 Å². The van der Waals surface area contributed by atoms with Crippen LogP contribution in [0.4, 0.5) is 0 Å². The smallest absolute Gasteiger partial charge is 0.0735 e. The van der Waals surface area contributed by atoms with Gasteiger partial charge < -0.3 is 10.1 Å². The molecule has 3 unspecified atom stereocenters. The lowest BCUT2D eigenvalue weighted by Crippen LogP contribution is -2.45.